The summed E-state index contributed by atoms with van der Waals surface area (Å²) in [5.74, 6) is -14.7. The Kier molecular flexibility index (Phi) is 16.7. The van der Waals surface area contributed by atoms with Crippen molar-refractivity contribution in [3.05, 3.63) is 89.3 Å². The zero-order chi connectivity index (χ0) is 55.0. The van der Waals surface area contributed by atoms with Gasteiger partial charge in [-0.1, -0.05) is 0 Å². The first kappa shape index (κ1) is 58.5. The van der Waals surface area contributed by atoms with E-state index in [9.17, 15) is 79.7 Å². The van der Waals surface area contributed by atoms with Crippen LogP contribution in [0.5, 0.6) is 11.5 Å². The number of primary amides is 2. The van der Waals surface area contributed by atoms with Crippen LogP contribution in [0.3, 0.4) is 0 Å². The van der Waals surface area contributed by atoms with Crippen molar-refractivity contribution in [2.45, 2.75) is 49.0 Å². The average Bonchev–Trinajstić information content (AvgIpc) is 3.28. The van der Waals surface area contributed by atoms with Gasteiger partial charge in [0.05, 0.1) is 28.1 Å². The number of fused-ring (bicyclic) bond motifs is 6. The molecule has 0 heterocycles. The van der Waals surface area contributed by atoms with Gasteiger partial charge in [0, 0.05) is 68.6 Å². The quantitative estimate of drug-likeness (QED) is 0.0300. The maximum Gasteiger partial charge on any atom is 1.00 e. The average molecular weight is 1060 g/mol. The smallest absolute Gasteiger partial charge is 0.635 e. The summed E-state index contributed by atoms with van der Waals surface area (Å²) in [6.07, 6.45) is 0.286. The van der Waals surface area contributed by atoms with Crippen LogP contribution in [0.1, 0.15) is 35.1 Å². The van der Waals surface area contributed by atoms with E-state index in [1.807, 2.05) is 19.0 Å². The topological polar surface area (TPSA) is 434 Å². The SMILES string of the molecule is CN(C)c1cc([N+](=O)[O-])c(O)c2c1C[C@H]1C[C@H]3[C@H](N(C)C)C(=O)C(C(N)=O)=C(O)[C@@]3(O)C(=O)C1=C2O.CN(C)c1ccc(O)c2c1C[C@H]1C[C@H]3[C@H](N(C)C)C(=O)C(C(N)=O)=C(O)[C@@]3(O)C(=O)C1=C2O.O=NO[O-].[K+]. The maximum atomic E-state index is 13.8. The molecule has 0 aromatic heterocycles. The standard InChI is InChI=1S/C23H26N4O9.C23H27N3O7.K.HNO3/c1-25(2)11-7-12(27(35)36)17(28)14-9(11)5-8-6-10-16(26(3)4)19(30)15(22(24)33)21(32)23(10,34)20(31)13(8)18(14)29;1-25(2)12-5-6-13(27)15-10(12)7-9-8-11-17(26(3)4)19(29)16(22(24)32)21(31)23(11,33)20(30)14(9)18(15)28;;2-1-4-3/h7-8,10,16,28-29,32,34H,5-6H2,1-4H3,(H2,24,33);5-6,9,11,17,27-28,31,33H,7-8H2,1-4H3,(H2,24,32);;3H/q;;+1;/p-1/t8-,10-,16-,23-;9-,11-,17-,23-;;/m00../s1. The molecule has 8 atom stereocenters. The number of benzene rings is 2. The van der Waals surface area contributed by atoms with E-state index in [0.717, 1.165) is 11.8 Å². The molecule has 0 unspecified atom stereocenters. The van der Waals surface area contributed by atoms with Gasteiger partial charge in [0.15, 0.2) is 22.8 Å². The molecule has 8 rings (SSSR count). The Labute approximate surface area is 462 Å². The third kappa shape index (κ3) is 8.90. The number of rotatable bonds is 8. The second-order valence-corrected chi connectivity index (χ2v) is 19.2. The van der Waals surface area contributed by atoms with Crippen LogP contribution in [0.25, 0.3) is 11.5 Å². The Morgan fingerprint density at radius 1 is 0.703 bits per heavy atom. The van der Waals surface area contributed by atoms with Crippen LogP contribution in [0, 0.1) is 38.7 Å². The van der Waals surface area contributed by atoms with Crippen molar-refractivity contribution in [3.8, 4) is 11.5 Å². The number of nitro groups is 1. The minimum absolute atomic E-state index is 0. The molecule has 2 aromatic rings. The molecule has 0 aliphatic heterocycles. The van der Waals surface area contributed by atoms with Crippen LogP contribution in [-0.4, -0.2) is 170 Å². The number of Topliss-reactive ketones (excluding diaryl/α,β-unsaturated/α-hetero) is 4. The van der Waals surface area contributed by atoms with E-state index in [1.54, 1.807) is 39.2 Å². The third-order valence-corrected chi connectivity index (χ3v) is 14.4. The number of likely N-dealkylation sites (N-methyl/N-ethyl adjacent to an activating group) is 2. The summed E-state index contributed by atoms with van der Waals surface area (Å²) in [5, 5.41) is 109. The van der Waals surface area contributed by atoms with Crippen molar-refractivity contribution in [3.63, 3.8) is 0 Å². The molecule has 0 bridgehead atoms. The number of nitrogens with two attached hydrogens (primary N) is 2. The van der Waals surface area contributed by atoms with Gasteiger partial charge in [-0.2, -0.15) is 0 Å². The number of carbonyl (C=O) groups excluding carboxylic acids is 6. The molecule has 2 aromatic carbocycles. The number of ketones is 4. The summed E-state index contributed by atoms with van der Waals surface area (Å²) in [6, 6.07) is 1.97. The molecule has 6 aliphatic carbocycles. The van der Waals surface area contributed by atoms with E-state index >= 15 is 0 Å². The molecule has 2 amide bonds. The number of hydrogen-bond donors (Lipinski definition) is 10. The normalized spacial score (nSPS) is 26.7. The number of hydrogen-bond acceptors (Lipinski definition) is 24. The minimum Gasteiger partial charge on any atom is -0.635 e. The third-order valence-electron chi connectivity index (χ3n) is 14.4. The van der Waals surface area contributed by atoms with Crippen LogP contribution < -0.4 is 77.9 Å². The molecule has 0 saturated heterocycles. The largest absolute Gasteiger partial charge is 1.00 e. The van der Waals surface area contributed by atoms with E-state index < -0.39 is 132 Å². The van der Waals surface area contributed by atoms with Crippen LogP contribution in [0.2, 0.25) is 0 Å². The van der Waals surface area contributed by atoms with E-state index in [0.29, 0.717) is 16.8 Å². The van der Waals surface area contributed by atoms with Crippen LogP contribution >= 0.6 is 0 Å². The Morgan fingerprint density at radius 3 is 1.42 bits per heavy atom. The predicted octanol–water partition coefficient (Wildman–Crippen LogP) is -4.07. The number of phenolic OH excluding ortho intramolecular Hbond substituents is 2. The van der Waals surface area contributed by atoms with Crippen molar-refractivity contribution in [1.29, 1.82) is 0 Å². The van der Waals surface area contributed by atoms with Gasteiger partial charge in [-0.3, -0.25) is 48.7 Å². The number of phenols is 2. The minimum atomic E-state index is -2.77. The zero-order valence-electron chi connectivity index (χ0n) is 41.4. The molecular formula is C46H53KN8O19. The van der Waals surface area contributed by atoms with Gasteiger partial charge in [-0.25, -0.2) is 0 Å². The van der Waals surface area contributed by atoms with Crippen LogP contribution in [0.15, 0.2) is 57.4 Å². The van der Waals surface area contributed by atoms with Gasteiger partial charge < -0.3 is 72.4 Å². The van der Waals surface area contributed by atoms with Crippen molar-refractivity contribution < 1.29 is 136 Å². The molecule has 6 aliphatic rings. The first-order chi connectivity index (χ1) is 33.9. The summed E-state index contributed by atoms with van der Waals surface area (Å²) in [5.41, 5.74) is 4.02. The molecule has 2 fully saturated rings. The monoisotopic (exact) mass is 1060 g/mol. The van der Waals surface area contributed by atoms with Gasteiger partial charge in [0.25, 0.3) is 11.8 Å². The second kappa shape index (κ2) is 21.1. The number of aliphatic hydroxyl groups is 6. The molecule has 392 valence electrons. The van der Waals surface area contributed by atoms with E-state index in [-0.39, 0.29) is 105 Å². The van der Waals surface area contributed by atoms with Gasteiger partial charge in [0.1, 0.15) is 45.3 Å². The fraction of sp³-hybridized carbons (Fsp3) is 0.435. The fourth-order valence-electron chi connectivity index (χ4n) is 11.5. The van der Waals surface area contributed by atoms with Crippen molar-refractivity contribution in [2.24, 2.45) is 40.5 Å². The Balaban J connectivity index is 0.000000253. The van der Waals surface area contributed by atoms with Crippen LogP contribution in [0.4, 0.5) is 17.1 Å². The number of amides is 2. The summed E-state index contributed by atoms with van der Waals surface area (Å²) in [6.45, 7) is 0. The van der Waals surface area contributed by atoms with Crippen molar-refractivity contribution >= 4 is 63.5 Å². The number of carbonyl (C=O) groups is 6. The number of nitrogens with zero attached hydrogens (tertiary/aromatic N) is 6. The van der Waals surface area contributed by atoms with E-state index in [2.05, 4.69) is 4.99 Å². The van der Waals surface area contributed by atoms with Gasteiger partial charge in [-0.05, 0) is 89.0 Å². The number of aromatic hydroxyl groups is 2. The zero-order valence-corrected chi connectivity index (χ0v) is 44.6. The summed E-state index contributed by atoms with van der Waals surface area (Å²) >= 11 is 0. The molecule has 27 nitrogen and oxygen atoms in total. The Hall–Kier alpha value is -6.34. The molecule has 74 heavy (non-hydrogen) atoms. The van der Waals surface area contributed by atoms with Crippen molar-refractivity contribution in [1.82, 2.24) is 9.80 Å². The molecule has 0 spiro atoms. The van der Waals surface area contributed by atoms with Gasteiger partial charge in [-0.15, -0.1) is 4.91 Å². The summed E-state index contributed by atoms with van der Waals surface area (Å²) < 4.78 is 0. The number of nitro benzene ring substituents is 1. The predicted molar refractivity (Wildman–Crippen MR) is 251 cm³/mol. The molecule has 0 radical (unpaired) electrons. The van der Waals surface area contributed by atoms with Crippen LogP contribution in [-0.2, 0) is 46.6 Å². The summed E-state index contributed by atoms with van der Waals surface area (Å²) in [4.78, 5) is 105. The second-order valence-electron chi connectivity index (χ2n) is 19.2. The molecule has 2 saturated carbocycles. The Bertz CT molecular complexity index is 2950. The van der Waals surface area contributed by atoms with Gasteiger partial charge in [0.2, 0.25) is 17.3 Å². The fourth-order valence-corrected chi connectivity index (χ4v) is 11.5. The Morgan fingerprint density at radius 2 is 1.08 bits per heavy atom. The summed E-state index contributed by atoms with van der Waals surface area (Å²) in [7, 11) is 13.0. The number of aliphatic hydroxyl groups excluding tert-OH is 4. The van der Waals surface area contributed by atoms with E-state index in [4.69, 9.17) is 21.6 Å². The first-order valence-corrected chi connectivity index (χ1v) is 22.0. The van der Waals surface area contributed by atoms with Crippen molar-refractivity contribution in [2.75, 3.05) is 66.2 Å². The number of anilines is 2. The maximum absolute atomic E-state index is 13.8. The molecular weight excluding hydrogens is 1010 g/mol. The molecule has 28 heteroatoms. The molecule has 12 N–H and O–H groups in total. The van der Waals surface area contributed by atoms with E-state index in [1.165, 1.54) is 35.3 Å². The van der Waals surface area contributed by atoms with Gasteiger partial charge >= 0.3 is 57.1 Å². The first-order valence-electron chi connectivity index (χ1n) is 22.0.